The van der Waals surface area contributed by atoms with Crippen LogP contribution in [-0.4, -0.2) is 26.5 Å². The van der Waals surface area contributed by atoms with Crippen LogP contribution >= 0.6 is 0 Å². The molecule has 0 saturated heterocycles. The number of ether oxygens (including phenoxy) is 1. The maximum Gasteiger partial charge on any atom is 0.256 e. The van der Waals surface area contributed by atoms with Gasteiger partial charge in [0, 0.05) is 87.8 Å². The van der Waals surface area contributed by atoms with Crippen LogP contribution in [0.3, 0.4) is 0 Å². The number of nitrogens with zero attached hydrogens (tertiary/aromatic N) is 5. The molecule has 0 atom stereocenters. The molecule has 10 aromatic rings. The number of para-hydroxylation sites is 7. The van der Waals surface area contributed by atoms with Crippen molar-refractivity contribution in [1.82, 2.24) is 0 Å². The van der Waals surface area contributed by atoms with Gasteiger partial charge >= 0.3 is 0 Å². The molecule has 0 spiro atoms. The molecule has 0 radical (unpaired) electrons. The lowest BCUT2D eigenvalue weighted by Crippen LogP contribution is -2.65. The summed E-state index contributed by atoms with van der Waals surface area (Å²) in [5, 5.41) is 0. The van der Waals surface area contributed by atoms with Crippen LogP contribution in [0.25, 0.3) is 0 Å². The zero-order valence-electron chi connectivity index (χ0n) is 40.9. The normalized spacial score (nSPS) is 14.7. The summed E-state index contributed by atoms with van der Waals surface area (Å²) in [5.41, 5.74) is 26.1. The maximum atomic E-state index is 7.60. The van der Waals surface area contributed by atoms with Gasteiger partial charge in [0.2, 0.25) is 0 Å². The van der Waals surface area contributed by atoms with Gasteiger partial charge in [-0.25, -0.2) is 0 Å². The first-order valence-electron chi connectivity index (χ1n) is 26.4. The van der Waals surface area contributed by atoms with Crippen molar-refractivity contribution in [2.24, 2.45) is 0 Å². The summed E-state index contributed by atoms with van der Waals surface area (Å²) < 4.78 is 7.60. The van der Waals surface area contributed by atoms with E-state index in [1.54, 1.807) is 0 Å². The first-order valence-corrected chi connectivity index (χ1v) is 26.4. The van der Waals surface area contributed by atoms with Gasteiger partial charge in [-0.3, -0.25) is 0 Å². The monoisotopic (exact) mass is 949 g/mol. The van der Waals surface area contributed by atoms with E-state index in [2.05, 4.69) is 249 Å². The van der Waals surface area contributed by atoms with E-state index in [4.69, 9.17) is 4.74 Å². The van der Waals surface area contributed by atoms with Gasteiger partial charge in [0.25, 0.3) is 13.4 Å². The minimum absolute atomic E-state index is 0.0150. The first kappa shape index (κ1) is 41.7. The second-order valence-corrected chi connectivity index (χ2v) is 20.6. The third-order valence-corrected chi connectivity index (χ3v) is 16.6. The molecule has 0 amide bonds. The molecule has 8 heteroatoms. The molecule has 16 rings (SSSR count). The summed E-state index contributed by atoms with van der Waals surface area (Å²) in [5.74, 6) is 1.81. The van der Waals surface area contributed by atoms with Gasteiger partial charge < -0.3 is 29.2 Å². The van der Waals surface area contributed by atoms with Crippen molar-refractivity contribution in [2.75, 3.05) is 37.6 Å². The predicted molar refractivity (Wildman–Crippen MR) is 310 cm³/mol. The fraction of sp³-hybridized carbons (Fsp3) is 0.0909. The largest absolute Gasteiger partial charge is 0.458 e. The van der Waals surface area contributed by atoms with Crippen LogP contribution < -0.4 is 62.0 Å². The van der Waals surface area contributed by atoms with Gasteiger partial charge in [0.1, 0.15) is 11.5 Å². The van der Waals surface area contributed by atoms with E-state index in [1.165, 1.54) is 72.3 Å². The van der Waals surface area contributed by atoms with Crippen molar-refractivity contribution in [3.05, 3.63) is 236 Å². The highest BCUT2D eigenvalue weighted by molar-refractivity contribution is 7.02. The summed E-state index contributed by atoms with van der Waals surface area (Å²) in [7, 11) is 0. The number of hydrogen-bond donors (Lipinski definition) is 0. The Morgan fingerprint density at radius 2 is 0.811 bits per heavy atom. The predicted octanol–water partition coefficient (Wildman–Crippen LogP) is 12.3. The Hall–Kier alpha value is -8.87. The molecule has 0 saturated carbocycles. The van der Waals surface area contributed by atoms with Crippen LogP contribution in [0.2, 0.25) is 0 Å². The lowest BCUT2D eigenvalue weighted by Gasteiger charge is -2.47. The standard InChI is InChI=1S/C66H49B2N5O/c1-6-24-46(25-7-1)71(47-26-8-2-9-27-47)51-38-58-63-60(40-51)73(50-32-14-5-15-33-50)57-43-61-56(42-55(57)67(63)53-34-16-20-44-22-18-36-69(58)65(44)53)68-54-35-17-21-45-23-19-37-70(66(45)54)59-39-52(41-62(74-61)64(59)68)72(48-28-10-3-11-29-48)49-30-12-4-13-31-49/h1-17,20-21,24-35,38-43H,18-19,22-23,36-37H2. The lowest BCUT2D eigenvalue weighted by atomic mass is 9.30. The number of rotatable bonds is 7. The molecule has 0 aliphatic carbocycles. The Kier molecular flexibility index (Phi) is 9.20. The topological polar surface area (TPSA) is 25.4 Å². The Bertz CT molecular complexity index is 3800. The molecular formula is C66H49B2N5O. The van der Waals surface area contributed by atoms with Crippen LogP contribution in [0.5, 0.6) is 11.5 Å². The Balaban J connectivity index is 0.971. The second-order valence-electron chi connectivity index (χ2n) is 20.6. The quantitative estimate of drug-likeness (QED) is 0.148. The SMILES string of the molecule is c1ccc(N(c2ccccc2)c2cc3c4c(c2)N2CCCc5cccc(c52)B4c2cc4c(cc2O3)N(c2ccccc2)c2cc(N(c3ccccc3)c3ccccc3)cc3c2B4c2cccc4c2N3CCC4)cc1. The van der Waals surface area contributed by atoms with E-state index in [0.29, 0.717) is 0 Å². The molecule has 74 heavy (non-hydrogen) atoms. The fourth-order valence-corrected chi connectivity index (χ4v) is 13.7. The van der Waals surface area contributed by atoms with Gasteiger partial charge in [-0.15, -0.1) is 0 Å². The number of anilines is 13. The zero-order valence-corrected chi connectivity index (χ0v) is 40.9. The molecule has 0 aromatic heterocycles. The molecule has 0 fully saturated rings. The number of fused-ring (bicyclic) bond motifs is 8. The van der Waals surface area contributed by atoms with E-state index in [1.807, 2.05) is 0 Å². The van der Waals surface area contributed by atoms with E-state index in [9.17, 15) is 0 Å². The van der Waals surface area contributed by atoms with Crippen LogP contribution in [0, 0.1) is 0 Å². The minimum Gasteiger partial charge on any atom is -0.458 e. The van der Waals surface area contributed by atoms with Crippen LogP contribution in [0.1, 0.15) is 24.0 Å². The molecule has 10 aromatic carbocycles. The maximum absolute atomic E-state index is 7.60. The van der Waals surface area contributed by atoms with Gasteiger partial charge in [0.05, 0.1) is 11.4 Å². The number of hydrogen-bond acceptors (Lipinski definition) is 6. The van der Waals surface area contributed by atoms with Crippen molar-refractivity contribution >= 4 is 120 Å². The van der Waals surface area contributed by atoms with Crippen molar-refractivity contribution < 1.29 is 4.74 Å². The molecule has 6 aliphatic rings. The molecule has 0 N–H and O–H groups in total. The molecule has 0 unspecified atom stereocenters. The minimum atomic E-state index is -0.0298. The smallest absolute Gasteiger partial charge is 0.256 e. The molecule has 0 bridgehead atoms. The number of benzene rings is 10. The lowest BCUT2D eigenvalue weighted by molar-refractivity contribution is 0.487. The highest BCUT2D eigenvalue weighted by atomic mass is 16.5. The molecule has 350 valence electrons. The third kappa shape index (κ3) is 6.15. The highest BCUT2D eigenvalue weighted by Crippen LogP contribution is 2.50. The van der Waals surface area contributed by atoms with Gasteiger partial charge in [-0.05, 0) is 148 Å². The Morgan fingerprint density at radius 1 is 0.351 bits per heavy atom. The molecule has 6 aliphatic heterocycles. The first-order chi connectivity index (χ1) is 36.7. The van der Waals surface area contributed by atoms with Gasteiger partial charge in [-0.1, -0.05) is 133 Å². The summed E-state index contributed by atoms with van der Waals surface area (Å²) in [4.78, 5) is 12.6. The molecule has 6 nitrogen and oxygen atoms in total. The molecule has 6 heterocycles. The summed E-state index contributed by atoms with van der Waals surface area (Å²) in [6.45, 7) is 1.87. The molecular weight excluding hydrogens is 900 g/mol. The van der Waals surface area contributed by atoms with E-state index < -0.39 is 0 Å². The van der Waals surface area contributed by atoms with Crippen molar-refractivity contribution in [2.45, 2.75) is 25.7 Å². The average molecular weight is 950 g/mol. The number of aryl methyl sites for hydroxylation is 2. The van der Waals surface area contributed by atoms with Gasteiger partial charge in [-0.2, -0.15) is 0 Å². The van der Waals surface area contributed by atoms with Crippen LogP contribution in [0.15, 0.2) is 224 Å². The summed E-state index contributed by atoms with van der Waals surface area (Å²) in [6, 6.07) is 83.1. The van der Waals surface area contributed by atoms with Crippen LogP contribution in [-0.2, 0) is 12.8 Å². The van der Waals surface area contributed by atoms with Crippen molar-refractivity contribution in [3.63, 3.8) is 0 Å². The Labute approximate surface area is 433 Å². The van der Waals surface area contributed by atoms with Crippen LogP contribution in [0.4, 0.5) is 73.9 Å². The van der Waals surface area contributed by atoms with Gasteiger partial charge in [0.15, 0.2) is 0 Å². The average Bonchev–Trinajstić information content (AvgIpc) is 3.51. The van der Waals surface area contributed by atoms with Crippen molar-refractivity contribution in [1.29, 1.82) is 0 Å². The Morgan fingerprint density at radius 3 is 1.34 bits per heavy atom. The van der Waals surface area contributed by atoms with E-state index in [-0.39, 0.29) is 13.4 Å². The third-order valence-electron chi connectivity index (χ3n) is 16.6. The summed E-state index contributed by atoms with van der Waals surface area (Å²) >= 11 is 0. The van der Waals surface area contributed by atoms with E-state index in [0.717, 1.165) is 95.8 Å². The van der Waals surface area contributed by atoms with Crippen molar-refractivity contribution in [3.8, 4) is 11.5 Å². The fourth-order valence-electron chi connectivity index (χ4n) is 13.7. The summed E-state index contributed by atoms with van der Waals surface area (Å²) in [6.07, 6.45) is 4.34. The van der Waals surface area contributed by atoms with E-state index >= 15 is 0 Å². The highest BCUT2D eigenvalue weighted by Gasteiger charge is 2.49. The zero-order chi connectivity index (χ0) is 48.4. The second kappa shape index (κ2) is 16.3.